The molecule has 0 aromatic heterocycles. The average molecular weight is 395 g/mol. The maximum absolute atomic E-state index is 12.5. The lowest BCUT2D eigenvalue weighted by atomic mass is 10.0. The van der Waals surface area contributed by atoms with Crippen molar-refractivity contribution < 1.29 is 17.4 Å². The number of benzene rings is 1. The third kappa shape index (κ3) is 10.5. The Balaban J connectivity index is 2.62. The highest BCUT2D eigenvalue weighted by atomic mass is 32.2. The molecule has 1 atom stereocenters. The molecule has 4 nitrogen and oxygen atoms in total. The van der Waals surface area contributed by atoms with Gasteiger partial charge < -0.3 is 0 Å². The molecule has 0 aliphatic heterocycles. The summed E-state index contributed by atoms with van der Waals surface area (Å²) in [6, 6.07) is 6.66. The first-order chi connectivity index (χ1) is 12.8. The Bertz CT molecular complexity index is 675. The van der Waals surface area contributed by atoms with Crippen LogP contribution in [-0.2, 0) is 19.1 Å². The monoisotopic (exact) mass is 394 g/mol. The molecule has 0 radical (unpaired) electrons. The highest BCUT2D eigenvalue weighted by Gasteiger charge is 2.21. The van der Waals surface area contributed by atoms with Gasteiger partial charge in [-0.25, -0.2) is 0 Å². The Labute approximate surface area is 165 Å². The topological polar surface area (TPSA) is 60.4 Å². The molecule has 0 spiro atoms. The van der Waals surface area contributed by atoms with Gasteiger partial charge in [0, 0.05) is 0 Å². The van der Waals surface area contributed by atoms with Crippen LogP contribution in [0.25, 0.3) is 0 Å². The molecule has 5 heteroatoms. The number of ketones is 1. The smallest absolute Gasteiger partial charge is 0.295 e. The van der Waals surface area contributed by atoms with Crippen LogP contribution in [0.3, 0.4) is 0 Å². The van der Waals surface area contributed by atoms with Gasteiger partial charge in [0.05, 0.1) is 11.0 Å². The van der Waals surface area contributed by atoms with Crippen molar-refractivity contribution in [1.82, 2.24) is 0 Å². The van der Waals surface area contributed by atoms with E-state index in [1.807, 2.05) is 6.92 Å². The lowest BCUT2D eigenvalue weighted by Crippen LogP contribution is -2.18. The highest BCUT2D eigenvalue weighted by Crippen LogP contribution is 2.20. The van der Waals surface area contributed by atoms with E-state index in [1.165, 1.54) is 45.1 Å². The largest absolute Gasteiger partial charge is 0.297 e. The van der Waals surface area contributed by atoms with Gasteiger partial charge in [-0.15, -0.1) is 0 Å². The van der Waals surface area contributed by atoms with E-state index in [1.54, 1.807) is 30.3 Å². The van der Waals surface area contributed by atoms with E-state index in [0.717, 1.165) is 18.4 Å². The number of carbonyl (C=O) groups is 1. The summed E-state index contributed by atoms with van der Waals surface area (Å²) < 4.78 is 30.6. The molecule has 0 saturated carbocycles. The van der Waals surface area contributed by atoms with Gasteiger partial charge in [-0.05, 0) is 44.9 Å². The van der Waals surface area contributed by atoms with Crippen molar-refractivity contribution in [1.29, 1.82) is 0 Å². The van der Waals surface area contributed by atoms with Crippen LogP contribution in [0.2, 0.25) is 0 Å². The molecule has 0 amide bonds. The molecular formula is C22H34O4S. The molecule has 152 valence electrons. The van der Waals surface area contributed by atoms with Crippen LogP contribution in [0.15, 0.2) is 41.3 Å². The number of allylic oxidation sites excluding steroid dienone is 1. The van der Waals surface area contributed by atoms with Gasteiger partial charge in [0.2, 0.25) is 0 Å². The number of carbonyl (C=O) groups excluding carboxylic acids is 1. The minimum atomic E-state index is -3.80. The number of rotatable bonds is 14. The van der Waals surface area contributed by atoms with E-state index in [-0.39, 0.29) is 10.7 Å². The van der Waals surface area contributed by atoms with Crippen LogP contribution in [0.4, 0.5) is 0 Å². The second-order valence-electron chi connectivity index (χ2n) is 7.14. The van der Waals surface area contributed by atoms with Crippen molar-refractivity contribution in [3.63, 3.8) is 0 Å². The molecule has 1 rings (SSSR count). The van der Waals surface area contributed by atoms with Crippen LogP contribution >= 0.6 is 0 Å². The molecule has 0 heterocycles. The Kier molecular flexibility index (Phi) is 11.2. The zero-order chi connectivity index (χ0) is 20.1. The number of unbranched alkanes of at least 4 members (excludes halogenated alkanes) is 6. The standard InChI is InChI=1S/C22H34O4S/c1-4-5-6-7-8-9-10-13-21(14-11-12-20(3)23)26-27(24,25)22-17-15-19(2)16-18-22/h11-12,15-18,21H,4-10,13-14H2,1-3H3/b12-11+/t21-/m0/s1. The van der Waals surface area contributed by atoms with Crippen LogP contribution in [0, 0.1) is 6.92 Å². The minimum Gasteiger partial charge on any atom is -0.295 e. The fraction of sp³-hybridized carbons (Fsp3) is 0.591. The van der Waals surface area contributed by atoms with E-state index >= 15 is 0 Å². The molecule has 1 aromatic rings. The lowest BCUT2D eigenvalue weighted by molar-refractivity contribution is -0.112. The zero-order valence-electron chi connectivity index (χ0n) is 16.9. The van der Waals surface area contributed by atoms with Gasteiger partial charge in [0.25, 0.3) is 10.1 Å². The maximum atomic E-state index is 12.5. The van der Waals surface area contributed by atoms with Crippen LogP contribution in [-0.4, -0.2) is 20.3 Å². The van der Waals surface area contributed by atoms with Crippen molar-refractivity contribution in [2.45, 2.75) is 89.6 Å². The van der Waals surface area contributed by atoms with Crippen molar-refractivity contribution in [2.24, 2.45) is 0 Å². The molecule has 0 bridgehead atoms. The summed E-state index contributed by atoms with van der Waals surface area (Å²) in [7, 11) is -3.80. The average Bonchev–Trinajstić information content (AvgIpc) is 2.60. The Morgan fingerprint density at radius 3 is 2.22 bits per heavy atom. The predicted molar refractivity (Wildman–Crippen MR) is 110 cm³/mol. The minimum absolute atomic E-state index is 0.0499. The van der Waals surface area contributed by atoms with Gasteiger partial charge >= 0.3 is 0 Å². The lowest BCUT2D eigenvalue weighted by Gasteiger charge is -2.16. The summed E-state index contributed by atoms with van der Waals surface area (Å²) >= 11 is 0. The SMILES string of the molecule is CCCCCCCCC[C@@H](C/C=C/C(C)=O)OS(=O)(=O)c1ccc(C)cc1. The first-order valence-corrected chi connectivity index (χ1v) is 11.4. The Morgan fingerprint density at radius 1 is 1.04 bits per heavy atom. The van der Waals surface area contributed by atoms with Crippen molar-refractivity contribution in [2.75, 3.05) is 0 Å². The second-order valence-corrected chi connectivity index (χ2v) is 8.72. The van der Waals surface area contributed by atoms with Crippen LogP contribution < -0.4 is 0 Å². The second kappa shape index (κ2) is 12.8. The molecule has 0 unspecified atom stereocenters. The summed E-state index contributed by atoms with van der Waals surface area (Å²) in [6.07, 6.45) is 12.0. The summed E-state index contributed by atoms with van der Waals surface area (Å²) in [6.45, 7) is 5.59. The predicted octanol–water partition coefficient (Wildman–Crippen LogP) is 5.74. The summed E-state index contributed by atoms with van der Waals surface area (Å²) in [4.78, 5) is 11.3. The number of hydrogen-bond donors (Lipinski definition) is 0. The zero-order valence-corrected chi connectivity index (χ0v) is 17.8. The molecule has 0 N–H and O–H groups in total. The third-order valence-electron chi connectivity index (χ3n) is 4.45. The maximum Gasteiger partial charge on any atom is 0.297 e. The molecular weight excluding hydrogens is 360 g/mol. The molecule has 27 heavy (non-hydrogen) atoms. The fourth-order valence-corrected chi connectivity index (χ4v) is 3.97. The molecule has 1 aromatic carbocycles. The van der Waals surface area contributed by atoms with Crippen molar-refractivity contribution in [3.8, 4) is 0 Å². The first-order valence-electron chi connectivity index (χ1n) is 10.0. The normalized spacial score (nSPS) is 13.1. The number of aryl methyl sites for hydroxylation is 1. The van der Waals surface area contributed by atoms with E-state index in [9.17, 15) is 13.2 Å². The van der Waals surface area contributed by atoms with E-state index in [2.05, 4.69) is 6.92 Å². The Morgan fingerprint density at radius 2 is 1.63 bits per heavy atom. The molecule has 0 aliphatic rings. The fourth-order valence-electron chi connectivity index (χ4n) is 2.86. The van der Waals surface area contributed by atoms with Crippen LogP contribution in [0.1, 0.15) is 77.2 Å². The summed E-state index contributed by atoms with van der Waals surface area (Å²) in [5, 5.41) is 0. The van der Waals surface area contributed by atoms with Crippen LogP contribution in [0.5, 0.6) is 0 Å². The molecule has 0 fully saturated rings. The highest BCUT2D eigenvalue weighted by molar-refractivity contribution is 7.86. The molecule has 0 aliphatic carbocycles. The third-order valence-corrected chi connectivity index (χ3v) is 5.83. The van der Waals surface area contributed by atoms with Gasteiger partial charge in [-0.3, -0.25) is 8.98 Å². The Hall–Kier alpha value is -1.46. The van der Waals surface area contributed by atoms with Gasteiger partial charge in [-0.1, -0.05) is 75.6 Å². The quantitative estimate of drug-likeness (QED) is 0.229. The van der Waals surface area contributed by atoms with E-state index in [0.29, 0.717) is 12.8 Å². The number of hydrogen-bond acceptors (Lipinski definition) is 4. The van der Waals surface area contributed by atoms with Gasteiger partial charge in [0.1, 0.15) is 0 Å². The van der Waals surface area contributed by atoms with Crippen molar-refractivity contribution in [3.05, 3.63) is 42.0 Å². The van der Waals surface area contributed by atoms with E-state index < -0.39 is 16.2 Å². The first kappa shape index (κ1) is 23.6. The summed E-state index contributed by atoms with van der Waals surface area (Å²) in [5.41, 5.74) is 0.998. The van der Waals surface area contributed by atoms with Crippen molar-refractivity contribution >= 4 is 15.9 Å². The summed E-state index contributed by atoms with van der Waals surface area (Å²) in [5.74, 6) is -0.0499. The van der Waals surface area contributed by atoms with E-state index in [4.69, 9.17) is 4.18 Å². The van der Waals surface area contributed by atoms with Gasteiger partial charge in [-0.2, -0.15) is 8.42 Å². The molecule has 0 saturated heterocycles. The van der Waals surface area contributed by atoms with Gasteiger partial charge in [0.15, 0.2) is 5.78 Å².